The quantitative estimate of drug-likeness (QED) is 0.906. The summed E-state index contributed by atoms with van der Waals surface area (Å²) in [6, 6.07) is 8.84. The number of hydrogen-bond donors (Lipinski definition) is 1. The zero-order valence-electron chi connectivity index (χ0n) is 12.0. The molecule has 2 aliphatic heterocycles. The van der Waals surface area contributed by atoms with Gasteiger partial charge in [-0.2, -0.15) is 0 Å². The molecule has 21 heavy (non-hydrogen) atoms. The number of ether oxygens (including phenoxy) is 1. The fraction of sp³-hybridized carbons (Fsp3) is 0.500. The lowest BCUT2D eigenvalue weighted by atomic mass is 9.99. The van der Waals surface area contributed by atoms with Crippen molar-refractivity contribution in [2.24, 2.45) is 5.92 Å². The van der Waals surface area contributed by atoms with Gasteiger partial charge in [0.15, 0.2) is 0 Å². The van der Waals surface area contributed by atoms with Crippen molar-refractivity contribution in [3.05, 3.63) is 35.9 Å². The third kappa shape index (κ3) is 3.24. The summed E-state index contributed by atoms with van der Waals surface area (Å²) in [6.07, 6.45) is 2.09. The van der Waals surface area contributed by atoms with E-state index >= 15 is 0 Å². The van der Waals surface area contributed by atoms with Crippen molar-refractivity contribution in [1.29, 1.82) is 0 Å². The molecule has 0 aromatic heterocycles. The van der Waals surface area contributed by atoms with Crippen molar-refractivity contribution in [3.8, 4) is 0 Å². The molecule has 2 atom stereocenters. The molecule has 2 saturated heterocycles. The van der Waals surface area contributed by atoms with E-state index in [2.05, 4.69) is 5.32 Å². The summed E-state index contributed by atoms with van der Waals surface area (Å²) < 4.78 is 5.46. The summed E-state index contributed by atoms with van der Waals surface area (Å²) in [5.74, 6) is 0.219. The van der Waals surface area contributed by atoms with Gasteiger partial charge in [-0.15, -0.1) is 0 Å². The number of carbonyl (C=O) groups is 2. The van der Waals surface area contributed by atoms with Crippen LogP contribution in [-0.4, -0.2) is 43.0 Å². The number of hydrogen-bond acceptors (Lipinski definition) is 3. The molecule has 0 saturated carbocycles. The zero-order valence-corrected chi connectivity index (χ0v) is 12.0. The standard InChI is InChI=1S/C16H20N2O3/c19-14-10-18(9-12-5-4-8-21-11-12)16(20)15(17-14)13-6-2-1-3-7-13/h1-3,6-7,12,15H,4-5,8-11H2,(H,17,19). The van der Waals surface area contributed by atoms with Crippen molar-refractivity contribution in [1.82, 2.24) is 10.2 Å². The van der Waals surface area contributed by atoms with E-state index < -0.39 is 6.04 Å². The highest BCUT2D eigenvalue weighted by molar-refractivity contribution is 5.95. The molecule has 2 aliphatic rings. The normalized spacial score (nSPS) is 26.6. The zero-order chi connectivity index (χ0) is 14.7. The van der Waals surface area contributed by atoms with Crippen LogP contribution in [0.25, 0.3) is 0 Å². The monoisotopic (exact) mass is 288 g/mol. The molecule has 1 N–H and O–H groups in total. The maximum Gasteiger partial charge on any atom is 0.250 e. The van der Waals surface area contributed by atoms with Crippen LogP contribution < -0.4 is 5.32 Å². The van der Waals surface area contributed by atoms with E-state index in [0.717, 1.165) is 25.0 Å². The van der Waals surface area contributed by atoms with Crippen molar-refractivity contribution in [3.63, 3.8) is 0 Å². The van der Waals surface area contributed by atoms with Crippen LogP contribution in [0, 0.1) is 5.92 Å². The fourth-order valence-corrected chi connectivity index (χ4v) is 2.99. The summed E-state index contributed by atoms with van der Waals surface area (Å²) in [5, 5.41) is 2.79. The number of benzene rings is 1. The highest BCUT2D eigenvalue weighted by Crippen LogP contribution is 2.22. The molecule has 2 heterocycles. The Labute approximate surface area is 124 Å². The summed E-state index contributed by atoms with van der Waals surface area (Å²) in [6.45, 7) is 2.24. The number of nitrogens with one attached hydrogen (secondary N) is 1. The Bertz CT molecular complexity index is 512. The molecule has 0 aliphatic carbocycles. The van der Waals surface area contributed by atoms with Gasteiger partial charge in [0.2, 0.25) is 11.8 Å². The van der Waals surface area contributed by atoms with E-state index in [4.69, 9.17) is 4.74 Å². The predicted molar refractivity (Wildman–Crippen MR) is 77.4 cm³/mol. The molecule has 0 spiro atoms. The van der Waals surface area contributed by atoms with Gasteiger partial charge in [0.25, 0.3) is 0 Å². The smallest absolute Gasteiger partial charge is 0.250 e. The average Bonchev–Trinajstić information content (AvgIpc) is 2.52. The lowest BCUT2D eigenvalue weighted by molar-refractivity contribution is -0.145. The molecule has 0 radical (unpaired) electrons. The molecule has 1 aromatic rings. The van der Waals surface area contributed by atoms with Crippen LogP contribution in [0.5, 0.6) is 0 Å². The molecule has 2 amide bonds. The highest BCUT2D eigenvalue weighted by Gasteiger charge is 2.34. The van der Waals surface area contributed by atoms with Crippen molar-refractivity contribution in [2.75, 3.05) is 26.3 Å². The topological polar surface area (TPSA) is 58.6 Å². The van der Waals surface area contributed by atoms with Crippen LogP contribution in [0.2, 0.25) is 0 Å². The van der Waals surface area contributed by atoms with Gasteiger partial charge in [-0.25, -0.2) is 0 Å². The molecule has 5 heteroatoms. The van der Waals surface area contributed by atoms with Gasteiger partial charge in [-0.1, -0.05) is 30.3 Å². The molecule has 2 unspecified atom stereocenters. The number of piperazine rings is 1. The third-order valence-electron chi connectivity index (χ3n) is 4.06. The van der Waals surface area contributed by atoms with Crippen molar-refractivity contribution < 1.29 is 14.3 Å². The number of carbonyl (C=O) groups excluding carboxylic acids is 2. The second-order valence-electron chi connectivity index (χ2n) is 5.71. The molecular weight excluding hydrogens is 268 g/mol. The minimum absolute atomic E-state index is 0.0219. The maximum absolute atomic E-state index is 12.6. The molecule has 3 rings (SSSR count). The van der Waals surface area contributed by atoms with E-state index in [1.54, 1.807) is 4.90 Å². The molecule has 2 fully saturated rings. The van der Waals surface area contributed by atoms with Crippen molar-refractivity contribution in [2.45, 2.75) is 18.9 Å². The summed E-state index contributed by atoms with van der Waals surface area (Å²) in [7, 11) is 0. The Balaban J connectivity index is 1.72. The lowest BCUT2D eigenvalue weighted by Gasteiger charge is -2.35. The van der Waals surface area contributed by atoms with Crippen LogP contribution in [0.15, 0.2) is 30.3 Å². The molecule has 0 bridgehead atoms. The van der Waals surface area contributed by atoms with Gasteiger partial charge in [0.1, 0.15) is 6.04 Å². The van der Waals surface area contributed by atoms with Gasteiger partial charge in [-0.3, -0.25) is 9.59 Å². The van der Waals surface area contributed by atoms with Gasteiger partial charge in [0.05, 0.1) is 13.2 Å². The van der Waals surface area contributed by atoms with E-state index in [-0.39, 0.29) is 18.4 Å². The minimum Gasteiger partial charge on any atom is -0.381 e. The maximum atomic E-state index is 12.6. The first-order chi connectivity index (χ1) is 10.2. The van der Waals surface area contributed by atoms with Crippen LogP contribution in [0.4, 0.5) is 0 Å². The van der Waals surface area contributed by atoms with Crippen molar-refractivity contribution >= 4 is 11.8 Å². The van der Waals surface area contributed by atoms with E-state index in [1.807, 2.05) is 30.3 Å². The van der Waals surface area contributed by atoms with Gasteiger partial charge in [0, 0.05) is 13.2 Å². The van der Waals surface area contributed by atoms with E-state index in [1.165, 1.54) is 0 Å². The Morgan fingerprint density at radius 1 is 1.24 bits per heavy atom. The summed E-state index contributed by atoms with van der Waals surface area (Å²) >= 11 is 0. The Kier molecular flexibility index (Phi) is 4.20. The van der Waals surface area contributed by atoms with Crippen LogP contribution in [0.1, 0.15) is 24.4 Å². The first kappa shape index (κ1) is 14.1. The fourth-order valence-electron chi connectivity index (χ4n) is 2.99. The summed E-state index contributed by atoms with van der Waals surface area (Å²) in [4.78, 5) is 26.2. The van der Waals surface area contributed by atoms with Crippen LogP contribution >= 0.6 is 0 Å². The Morgan fingerprint density at radius 2 is 2.05 bits per heavy atom. The largest absolute Gasteiger partial charge is 0.381 e. The van der Waals surface area contributed by atoms with Crippen LogP contribution in [0.3, 0.4) is 0 Å². The van der Waals surface area contributed by atoms with E-state index in [0.29, 0.717) is 19.1 Å². The predicted octanol–water partition coefficient (Wildman–Crippen LogP) is 1.11. The Morgan fingerprint density at radius 3 is 2.76 bits per heavy atom. The number of rotatable bonds is 3. The SMILES string of the molecule is O=C1CN(CC2CCCOC2)C(=O)C(c2ccccc2)N1. The molecule has 5 nitrogen and oxygen atoms in total. The summed E-state index contributed by atoms with van der Waals surface area (Å²) in [5.41, 5.74) is 0.834. The van der Waals surface area contributed by atoms with E-state index in [9.17, 15) is 9.59 Å². The first-order valence-corrected chi connectivity index (χ1v) is 7.45. The third-order valence-corrected chi connectivity index (χ3v) is 4.06. The minimum atomic E-state index is -0.558. The van der Waals surface area contributed by atoms with Gasteiger partial charge < -0.3 is 15.0 Å². The second-order valence-corrected chi connectivity index (χ2v) is 5.71. The molecule has 112 valence electrons. The first-order valence-electron chi connectivity index (χ1n) is 7.45. The highest BCUT2D eigenvalue weighted by atomic mass is 16.5. The Hall–Kier alpha value is -1.88. The lowest BCUT2D eigenvalue weighted by Crippen LogP contribution is -2.54. The number of nitrogens with zero attached hydrogens (tertiary/aromatic N) is 1. The van der Waals surface area contributed by atoms with Gasteiger partial charge >= 0.3 is 0 Å². The van der Waals surface area contributed by atoms with Gasteiger partial charge in [-0.05, 0) is 24.3 Å². The molecule has 1 aromatic carbocycles. The average molecular weight is 288 g/mol. The van der Waals surface area contributed by atoms with Crippen LogP contribution in [-0.2, 0) is 14.3 Å². The molecular formula is C16H20N2O3. The number of amides is 2. The second kappa shape index (κ2) is 6.26.